The first-order chi connectivity index (χ1) is 26.3. The molecule has 4 aromatic heterocycles. The number of rotatable bonds is 5. The zero-order chi connectivity index (χ0) is 34.9. The van der Waals surface area contributed by atoms with Crippen LogP contribution < -0.4 is 0 Å². The number of hydrogen-bond donors (Lipinski definition) is 0. The summed E-state index contributed by atoms with van der Waals surface area (Å²) in [5, 5.41) is 4.32. The van der Waals surface area contributed by atoms with Gasteiger partial charge in [-0.25, -0.2) is 19.9 Å². The van der Waals surface area contributed by atoms with Crippen LogP contribution in [-0.2, 0) is 0 Å². The predicted octanol–water partition coefficient (Wildman–Crippen LogP) is 12.1. The maximum atomic E-state index is 6.60. The predicted molar refractivity (Wildman–Crippen MR) is 216 cm³/mol. The Morgan fingerprint density at radius 3 is 1.92 bits per heavy atom. The fraction of sp³-hybridized carbons (Fsp3) is 0. The number of imidazole rings is 1. The summed E-state index contributed by atoms with van der Waals surface area (Å²) in [6, 6.07) is 56.1. The van der Waals surface area contributed by atoms with E-state index in [1.165, 1.54) is 20.2 Å². The summed E-state index contributed by atoms with van der Waals surface area (Å²) < 4.78 is 11.3. The summed E-state index contributed by atoms with van der Waals surface area (Å²) in [7, 11) is 0. The molecule has 0 N–H and O–H groups in total. The summed E-state index contributed by atoms with van der Waals surface area (Å²) in [5.74, 6) is 2.63. The van der Waals surface area contributed by atoms with E-state index in [2.05, 4.69) is 102 Å². The molecule has 0 unspecified atom stereocenters. The first-order valence-electron chi connectivity index (χ1n) is 17.5. The van der Waals surface area contributed by atoms with Gasteiger partial charge in [0.25, 0.3) is 0 Å². The van der Waals surface area contributed by atoms with Crippen LogP contribution in [0.4, 0.5) is 0 Å². The van der Waals surface area contributed by atoms with Crippen molar-refractivity contribution in [3.8, 4) is 51.2 Å². The Hall–Kier alpha value is -6.96. The molecule has 0 fully saturated rings. The van der Waals surface area contributed by atoms with E-state index in [0.717, 1.165) is 66.7 Å². The molecule has 0 aliphatic heterocycles. The van der Waals surface area contributed by atoms with Crippen LogP contribution in [0.15, 0.2) is 168 Å². The van der Waals surface area contributed by atoms with E-state index in [-0.39, 0.29) is 0 Å². The summed E-state index contributed by atoms with van der Waals surface area (Å²) >= 11 is 1.80. The molecule has 7 heteroatoms. The van der Waals surface area contributed by atoms with E-state index in [0.29, 0.717) is 17.5 Å². The molecule has 4 heterocycles. The highest BCUT2D eigenvalue weighted by atomic mass is 32.1. The second-order valence-electron chi connectivity index (χ2n) is 13.0. The van der Waals surface area contributed by atoms with Gasteiger partial charge in [-0.15, -0.1) is 11.3 Å². The van der Waals surface area contributed by atoms with Gasteiger partial charge < -0.3 is 4.42 Å². The lowest BCUT2D eigenvalue weighted by Gasteiger charge is -2.12. The summed E-state index contributed by atoms with van der Waals surface area (Å²) in [6.45, 7) is 0. The summed E-state index contributed by atoms with van der Waals surface area (Å²) in [6.07, 6.45) is 0. The molecule has 248 valence electrons. The number of fused-ring (bicyclic) bond motifs is 7. The van der Waals surface area contributed by atoms with Gasteiger partial charge in [0.1, 0.15) is 17.0 Å². The molecule has 11 rings (SSSR count). The van der Waals surface area contributed by atoms with Crippen LogP contribution in [0.25, 0.3) is 104 Å². The third kappa shape index (κ3) is 4.79. The fourth-order valence-electron chi connectivity index (χ4n) is 7.49. The van der Waals surface area contributed by atoms with Crippen molar-refractivity contribution in [3.63, 3.8) is 0 Å². The average Bonchev–Trinajstić information content (AvgIpc) is 3.92. The van der Waals surface area contributed by atoms with Crippen LogP contribution in [0.1, 0.15) is 0 Å². The molecule has 0 radical (unpaired) electrons. The second-order valence-corrected chi connectivity index (χ2v) is 14.1. The third-order valence-electron chi connectivity index (χ3n) is 9.88. The standard InChI is InChI=1S/C46H27N5OS/c1-3-13-28(14-4-1)43-48-44(29-25-26-40-34(27-29)31-17-7-10-24-39(31)53-40)50-45(49-43)32-18-11-22-37-41(32)42-33(19-12-23-38(42)52-37)46-47-35-20-8-9-21-36(35)51(46)30-15-5-2-6-16-30/h1-27H. The number of thiophene rings is 1. The van der Waals surface area contributed by atoms with Gasteiger partial charge >= 0.3 is 0 Å². The summed E-state index contributed by atoms with van der Waals surface area (Å²) in [5.41, 5.74) is 8.17. The highest BCUT2D eigenvalue weighted by molar-refractivity contribution is 7.25. The van der Waals surface area contributed by atoms with Crippen LogP contribution >= 0.6 is 11.3 Å². The molecule has 0 bridgehead atoms. The van der Waals surface area contributed by atoms with Crippen molar-refractivity contribution in [2.75, 3.05) is 0 Å². The molecule has 53 heavy (non-hydrogen) atoms. The van der Waals surface area contributed by atoms with Crippen molar-refractivity contribution >= 4 is 64.5 Å². The van der Waals surface area contributed by atoms with Crippen molar-refractivity contribution in [1.82, 2.24) is 24.5 Å². The topological polar surface area (TPSA) is 69.6 Å². The largest absolute Gasteiger partial charge is 0.456 e. The zero-order valence-corrected chi connectivity index (χ0v) is 29.0. The number of nitrogens with zero attached hydrogens (tertiary/aromatic N) is 5. The lowest BCUT2D eigenvalue weighted by atomic mass is 10.0. The first kappa shape index (κ1) is 29.7. The van der Waals surface area contributed by atoms with Gasteiger partial charge in [0.05, 0.1) is 11.0 Å². The zero-order valence-electron chi connectivity index (χ0n) is 28.1. The van der Waals surface area contributed by atoms with E-state index in [1.807, 2.05) is 66.7 Å². The van der Waals surface area contributed by atoms with Gasteiger partial charge in [-0.05, 0) is 60.7 Å². The Bertz CT molecular complexity index is 3180. The Kier molecular flexibility index (Phi) is 6.62. The fourth-order valence-corrected chi connectivity index (χ4v) is 8.58. The summed E-state index contributed by atoms with van der Waals surface area (Å²) in [4.78, 5) is 20.7. The molecule has 6 nitrogen and oxygen atoms in total. The van der Waals surface area contributed by atoms with Crippen LogP contribution in [0.3, 0.4) is 0 Å². The number of aromatic nitrogens is 5. The molecule has 7 aromatic carbocycles. The van der Waals surface area contributed by atoms with Crippen molar-refractivity contribution in [1.29, 1.82) is 0 Å². The third-order valence-corrected chi connectivity index (χ3v) is 11.0. The molecule has 0 aliphatic rings. The van der Waals surface area contributed by atoms with Gasteiger partial charge in [-0.3, -0.25) is 4.57 Å². The van der Waals surface area contributed by atoms with Crippen molar-refractivity contribution < 1.29 is 4.42 Å². The molecule has 0 spiro atoms. The van der Waals surface area contributed by atoms with Gasteiger partial charge in [-0.1, -0.05) is 103 Å². The van der Waals surface area contributed by atoms with Gasteiger partial charge in [0.15, 0.2) is 17.5 Å². The molecule has 0 saturated carbocycles. The lowest BCUT2D eigenvalue weighted by Crippen LogP contribution is -2.00. The smallest absolute Gasteiger partial charge is 0.164 e. The Morgan fingerprint density at radius 2 is 1.09 bits per heavy atom. The number of benzene rings is 7. The minimum absolute atomic E-state index is 0.573. The first-order valence-corrected chi connectivity index (χ1v) is 18.3. The molecule has 0 saturated heterocycles. The van der Waals surface area contributed by atoms with Crippen LogP contribution in [0, 0.1) is 0 Å². The number of hydrogen-bond acceptors (Lipinski definition) is 6. The molecule has 0 atom stereocenters. The monoisotopic (exact) mass is 697 g/mol. The maximum Gasteiger partial charge on any atom is 0.164 e. The minimum atomic E-state index is 0.573. The lowest BCUT2D eigenvalue weighted by molar-refractivity contribution is 0.669. The normalized spacial score (nSPS) is 11.8. The Labute approximate surface area is 307 Å². The maximum absolute atomic E-state index is 6.60. The second kappa shape index (κ2) is 11.8. The van der Waals surface area contributed by atoms with E-state index < -0.39 is 0 Å². The molecular weight excluding hydrogens is 671 g/mol. The highest BCUT2D eigenvalue weighted by Crippen LogP contribution is 2.43. The Balaban J connectivity index is 1.18. The van der Waals surface area contributed by atoms with E-state index in [1.54, 1.807) is 11.3 Å². The van der Waals surface area contributed by atoms with E-state index >= 15 is 0 Å². The van der Waals surface area contributed by atoms with Crippen LogP contribution in [-0.4, -0.2) is 24.5 Å². The average molecular weight is 698 g/mol. The Morgan fingerprint density at radius 1 is 0.453 bits per heavy atom. The van der Waals surface area contributed by atoms with Crippen molar-refractivity contribution in [2.45, 2.75) is 0 Å². The van der Waals surface area contributed by atoms with Gasteiger partial charge in [-0.2, -0.15) is 0 Å². The van der Waals surface area contributed by atoms with Gasteiger partial charge in [0, 0.05) is 58.9 Å². The molecule has 0 amide bonds. The van der Waals surface area contributed by atoms with E-state index in [9.17, 15) is 0 Å². The van der Waals surface area contributed by atoms with Crippen LogP contribution in [0.2, 0.25) is 0 Å². The quantitative estimate of drug-likeness (QED) is 0.179. The SMILES string of the molecule is c1ccc(-c2nc(-c3ccc4sc5ccccc5c4c3)nc(-c3cccc4oc5cccc(-c6nc7ccccc7n6-c6ccccc6)c5c34)n2)cc1. The van der Waals surface area contributed by atoms with E-state index in [4.69, 9.17) is 24.4 Å². The number of furan rings is 1. The van der Waals surface area contributed by atoms with Crippen LogP contribution in [0.5, 0.6) is 0 Å². The molecular formula is C46H27N5OS. The number of para-hydroxylation sites is 3. The molecule has 11 aromatic rings. The van der Waals surface area contributed by atoms with Crippen molar-refractivity contribution in [2.24, 2.45) is 0 Å². The van der Waals surface area contributed by atoms with Gasteiger partial charge in [0.2, 0.25) is 0 Å². The minimum Gasteiger partial charge on any atom is -0.456 e. The highest BCUT2D eigenvalue weighted by Gasteiger charge is 2.23. The molecule has 0 aliphatic carbocycles. The van der Waals surface area contributed by atoms with Crippen molar-refractivity contribution in [3.05, 3.63) is 164 Å².